The Hall–Kier alpha value is -2.84. The second-order valence-electron chi connectivity index (χ2n) is 7.45. The minimum atomic E-state index is -0.684. The molecule has 29 heavy (non-hydrogen) atoms. The Kier molecular flexibility index (Phi) is 5.06. The van der Waals surface area contributed by atoms with Gasteiger partial charge in [0.15, 0.2) is 5.82 Å². The number of fused-ring (bicyclic) bond motifs is 1. The topological polar surface area (TPSA) is 112 Å². The summed E-state index contributed by atoms with van der Waals surface area (Å²) < 4.78 is 2.73. The van der Waals surface area contributed by atoms with E-state index in [4.69, 9.17) is 23.1 Å². The minimum absolute atomic E-state index is 0.0470. The van der Waals surface area contributed by atoms with E-state index in [0.29, 0.717) is 29.3 Å². The van der Waals surface area contributed by atoms with E-state index in [9.17, 15) is 9.59 Å². The minimum Gasteiger partial charge on any atom is -0.364 e. The molecular formula is C20H23ClN6O2. The molecule has 3 heterocycles. The lowest BCUT2D eigenvalue weighted by Gasteiger charge is -2.31. The summed E-state index contributed by atoms with van der Waals surface area (Å²) in [5, 5.41) is 5.29. The van der Waals surface area contributed by atoms with Crippen molar-refractivity contribution in [3.05, 3.63) is 62.7 Å². The number of primary amides is 1. The van der Waals surface area contributed by atoms with Gasteiger partial charge in [-0.15, -0.1) is 5.10 Å². The van der Waals surface area contributed by atoms with E-state index >= 15 is 0 Å². The molecule has 1 aromatic carbocycles. The van der Waals surface area contributed by atoms with Gasteiger partial charge in [0.2, 0.25) is 0 Å². The third-order valence-electron chi connectivity index (χ3n) is 5.44. The van der Waals surface area contributed by atoms with Crippen LogP contribution in [0.2, 0.25) is 5.02 Å². The number of halogens is 1. The third-order valence-corrected chi connectivity index (χ3v) is 5.80. The summed E-state index contributed by atoms with van der Waals surface area (Å²) in [6, 6.07) is 7.57. The van der Waals surface area contributed by atoms with Crippen LogP contribution in [0.15, 0.2) is 35.3 Å². The molecule has 4 N–H and O–H groups in total. The van der Waals surface area contributed by atoms with Gasteiger partial charge in [-0.25, -0.2) is 4.52 Å². The van der Waals surface area contributed by atoms with Crippen molar-refractivity contribution in [3.63, 3.8) is 0 Å². The molecule has 1 aliphatic rings. The van der Waals surface area contributed by atoms with Crippen LogP contribution in [0.3, 0.4) is 0 Å². The molecule has 0 bridgehead atoms. The van der Waals surface area contributed by atoms with E-state index in [0.717, 1.165) is 30.5 Å². The number of anilines is 1. The molecule has 0 saturated carbocycles. The van der Waals surface area contributed by atoms with E-state index in [1.165, 1.54) is 22.3 Å². The van der Waals surface area contributed by atoms with Gasteiger partial charge in [0.05, 0.1) is 6.20 Å². The molecule has 4 rings (SSSR count). The molecule has 9 heteroatoms. The summed E-state index contributed by atoms with van der Waals surface area (Å²) in [6.45, 7) is 1.46. The Labute approximate surface area is 172 Å². The fourth-order valence-electron chi connectivity index (χ4n) is 3.93. The first kappa shape index (κ1) is 19.5. The second kappa shape index (κ2) is 7.53. The van der Waals surface area contributed by atoms with Gasteiger partial charge < -0.3 is 20.9 Å². The summed E-state index contributed by atoms with van der Waals surface area (Å²) in [5.41, 5.74) is 13.5. The normalized spacial score (nSPS) is 17.1. The molecule has 1 amide bonds. The predicted octanol–water partition coefficient (Wildman–Crippen LogP) is 1.30. The zero-order valence-electron chi connectivity index (χ0n) is 16.1. The van der Waals surface area contributed by atoms with Crippen molar-refractivity contribution in [3.8, 4) is 0 Å². The molecule has 152 valence electrons. The number of hydrogen-bond acceptors (Lipinski definition) is 5. The third kappa shape index (κ3) is 3.49. The second-order valence-corrected chi connectivity index (χ2v) is 7.86. The Bertz CT molecular complexity index is 1150. The van der Waals surface area contributed by atoms with E-state index in [1.807, 2.05) is 24.3 Å². The van der Waals surface area contributed by atoms with Gasteiger partial charge in [-0.1, -0.05) is 29.8 Å². The summed E-state index contributed by atoms with van der Waals surface area (Å²) in [5.74, 6) is 0.00925. The maximum atomic E-state index is 13.1. The van der Waals surface area contributed by atoms with Crippen molar-refractivity contribution >= 4 is 28.8 Å². The van der Waals surface area contributed by atoms with Gasteiger partial charge >= 0.3 is 0 Å². The van der Waals surface area contributed by atoms with Crippen LogP contribution < -0.4 is 21.9 Å². The first-order chi connectivity index (χ1) is 13.9. The molecule has 0 aliphatic carbocycles. The maximum absolute atomic E-state index is 13.1. The first-order valence-corrected chi connectivity index (χ1v) is 9.89. The molecular weight excluding hydrogens is 392 g/mol. The van der Waals surface area contributed by atoms with E-state index < -0.39 is 5.91 Å². The van der Waals surface area contributed by atoms with Crippen molar-refractivity contribution in [2.45, 2.75) is 25.3 Å². The highest BCUT2D eigenvalue weighted by Crippen LogP contribution is 2.29. The largest absolute Gasteiger partial charge is 0.364 e. The highest BCUT2D eigenvalue weighted by atomic mass is 35.5. The number of carbonyl (C=O) groups excluding carboxylic acids is 1. The van der Waals surface area contributed by atoms with Crippen molar-refractivity contribution in [1.29, 1.82) is 0 Å². The van der Waals surface area contributed by atoms with Crippen molar-refractivity contribution in [1.82, 2.24) is 14.2 Å². The maximum Gasteiger partial charge on any atom is 0.277 e. The molecule has 1 aliphatic heterocycles. The monoisotopic (exact) mass is 414 g/mol. The predicted molar refractivity (Wildman–Crippen MR) is 113 cm³/mol. The number of piperidine rings is 1. The molecule has 1 atom stereocenters. The number of nitrogens with two attached hydrogens (primary N) is 2. The molecule has 0 spiro atoms. The molecule has 2 aromatic heterocycles. The van der Waals surface area contributed by atoms with Crippen LogP contribution in [-0.2, 0) is 13.5 Å². The highest BCUT2D eigenvalue weighted by Gasteiger charge is 2.26. The lowest BCUT2D eigenvalue weighted by molar-refractivity contribution is 0.0990. The van der Waals surface area contributed by atoms with Gasteiger partial charge in [0.25, 0.3) is 11.5 Å². The lowest BCUT2D eigenvalue weighted by atomic mass is 10.0. The van der Waals surface area contributed by atoms with Gasteiger partial charge in [-0.3, -0.25) is 9.59 Å². The van der Waals surface area contributed by atoms with Crippen molar-refractivity contribution in [2.24, 2.45) is 18.5 Å². The average molecular weight is 415 g/mol. The summed E-state index contributed by atoms with van der Waals surface area (Å²) in [4.78, 5) is 27.0. The zero-order valence-corrected chi connectivity index (χ0v) is 16.9. The van der Waals surface area contributed by atoms with Gasteiger partial charge in [-0.05, 0) is 24.5 Å². The Morgan fingerprint density at radius 1 is 1.34 bits per heavy atom. The summed E-state index contributed by atoms with van der Waals surface area (Å²) >= 11 is 6.39. The van der Waals surface area contributed by atoms with E-state index in [1.54, 1.807) is 0 Å². The van der Waals surface area contributed by atoms with Crippen molar-refractivity contribution < 1.29 is 4.79 Å². The number of hydrogen-bond donors (Lipinski definition) is 2. The van der Waals surface area contributed by atoms with E-state index in [2.05, 4.69) is 10.00 Å². The fourth-order valence-corrected chi connectivity index (χ4v) is 4.13. The molecule has 8 nitrogen and oxygen atoms in total. The number of amides is 1. The van der Waals surface area contributed by atoms with E-state index in [-0.39, 0.29) is 17.3 Å². The Morgan fingerprint density at radius 2 is 2.10 bits per heavy atom. The summed E-state index contributed by atoms with van der Waals surface area (Å²) in [6.07, 6.45) is 3.85. The van der Waals surface area contributed by atoms with Gasteiger partial charge in [0.1, 0.15) is 11.2 Å². The van der Waals surface area contributed by atoms with Gasteiger partial charge in [0, 0.05) is 43.2 Å². The van der Waals surface area contributed by atoms with Crippen molar-refractivity contribution in [2.75, 3.05) is 18.0 Å². The molecule has 0 radical (unpaired) electrons. The van der Waals surface area contributed by atoms with Crippen LogP contribution in [0.25, 0.3) is 5.52 Å². The number of benzene rings is 1. The Balaban J connectivity index is 1.95. The molecule has 0 unspecified atom stereocenters. The fraction of sp³-hybridized carbons (Fsp3) is 0.350. The number of rotatable bonds is 4. The molecule has 1 saturated heterocycles. The first-order valence-electron chi connectivity index (χ1n) is 9.51. The van der Waals surface area contributed by atoms with Gasteiger partial charge in [-0.2, -0.15) is 0 Å². The smallest absolute Gasteiger partial charge is 0.277 e. The van der Waals surface area contributed by atoms with Crippen LogP contribution in [0.5, 0.6) is 0 Å². The standard InChI is InChI=1S/C20H23ClN6O2/c1-25-16(18(23)28)11-27-17(20(25)29)14(9-12-5-2-3-7-15(12)21)19(24-27)26-8-4-6-13(22)10-26/h2-3,5,7,11,13H,4,6,8-10,22H2,1H3,(H2,23,28)/t13-/m1/s1. The van der Waals surface area contributed by atoms with Crippen LogP contribution in [0, 0.1) is 0 Å². The summed E-state index contributed by atoms with van der Waals surface area (Å²) in [7, 11) is 1.53. The molecule has 3 aromatic rings. The number of carbonyl (C=O) groups is 1. The average Bonchev–Trinajstić information content (AvgIpc) is 3.05. The Morgan fingerprint density at radius 3 is 2.79 bits per heavy atom. The quantitative estimate of drug-likeness (QED) is 0.668. The molecule has 1 fully saturated rings. The van der Waals surface area contributed by atoms with Crippen LogP contribution in [0.1, 0.15) is 34.5 Å². The van der Waals surface area contributed by atoms with Crippen LogP contribution in [-0.4, -0.2) is 39.2 Å². The van der Waals surface area contributed by atoms with Crippen LogP contribution in [0.4, 0.5) is 5.82 Å². The highest BCUT2D eigenvalue weighted by molar-refractivity contribution is 6.31. The zero-order chi connectivity index (χ0) is 20.7. The lowest BCUT2D eigenvalue weighted by Crippen LogP contribution is -2.43. The van der Waals surface area contributed by atoms with Crippen LogP contribution >= 0.6 is 11.6 Å². The SMILES string of the molecule is Cn1c(C(N)=O)cn2nc(N3CCC[C@@H](N)C3)c(Cc3ccccc3Cl)c2c1=O. The number of nitrogens with zero attached hydrogens (tertiary/aromatic N) is 4. The number of aromatic nitrogens is 3.